The molecule has 0 bridgehead atoms. The van der Waals surface area contributed by atoms with Crippen LogP contribution < -0.4 is 0 Å². The fourth-order valence-corrected chi connectivity index (χ4v) is 168. The highest BCUT2D eigenvalue weighted by Gasteiger charge is 2.57. The minimum atomic E-state index is -0.182. The van der Waals surface area contributed by atoms with Crippen LogP contribution in [-0.4, -0.2) is 4.38 Å². The second-order valence-corrected chi connectivity index (χ2v) is 76.7. The van der Waals surface area contributed by atoms with E-state index >= 15 is 0 Å². The van der Waals surface area contributed by atoms with Crippen LogP contribution in [0.2, 0.25) is 0 Å². The van der Waals surface area contributed by atoms with Crippen LogP contribution in [0.15, 0.2) is 0 Å². The quantitative estimate of drug-likeness (QED) is 0.208. The third-order valence-corrected chi connectivity index (χ3v) is 92.0. The van der Waals surface area contributed by atoms with E-state index in [1.54, 1.807) is 0 Å². The van der Waals surface area contributed by atoms with Crippen molar-refractivity contribution in [2.45, 2.75) is 4.38 Å². The van der Waals surface area contributed by atoms with Crippen molar-refractivity contribution in [2.24, 2.45) is 0 Å². The van der Waals surface area contributed by atoms with E-state index in [0.29, 0.717) is 4.38 Å². The van der Waals surface area contributed by atoms with E-state index in [4.69, 9.17) is 0 Å². The summed E-state index contributed by atoms with van der Waals surface area (Å²) in [5.41, 5.74) is 0. The molecule has 0 aromatic heterocycles. The third kappa shape index (κ3) is 9.55. The fourth-order valence-electron chi connectivity index (χ4n) is 1.60. The van der Waals surface area contributed by atoms with Crippen LogP contribution >= 0.6 is 180 Å². The van der Waals surface area contributed by atoms with Gasteiger partial charge in [-0.25, -0.2) is 0 Å². The molecule has 0 aromatic rings. The number of rotatable bonds is 9. The monoisotopic (exact) mass is 720 g/mol. The Morgan fingerprint density at radius 3 is 0.783 bits per heavy atom. The molecule has 0 nitrogen and oxygen atoms in total. The lowest BCUT2D eigenvalue weighted by atomic mass is 11.8. The van der Waals surface area contributed by atoms with Crippen molar-refractivity contribution >= 4 is 180 Å². The molecule has 14 unspecified atom stereocenters. The first-order valence-corrected chi connectivity index (χ1v) is 41.9. The highest BCUT2D eigenvalue weighted by atomic mass is 33.0. The van der Waals surface area contributed by atoms with E-state index in [1.807, 2.05) is 0 Å². The van der Waals surface area contributed by atoms with Gasteiger partial charge in [-0.15, -0.1) is 116 Å². The van der Waals surface area contributed by atoms with Gasteiger partial charge >= 0.3 is 0 Å². The van der Waals surface area contributed by atoms with Crippen LogP contribution in [0, 0.1) is 0 Å². The van der Waals surface area contributed by atoms with E-state index in [1.165, 1.54) is 0 Å². The summed E-state index contributed by atoms with van der Waals surface area (Å²) in [5, 5.41) is 0. The third-order valence-electron chi connectivity index (χ3n) is 2.31. The Kier molecular flexibility index (Phi) is 22.8. The van der Waals surface area contributed by atoms with Crippen molar-refractivity contribution in [3.63, 3.8) is 0 Å². The molecule has 0 radical (unpaired) electrons. The maximum Gasteiger partial charge on any atom is 0.0820 e. The average molecular weight is 720 g/mol. The fraction of sp³-hybridized carbons (Fsp3) is 1.00. The minimum absolute atomic E-state index is 0.0679. The molecular weight excluding hydrogens is 693 g/mol. The Labute approximate surface area is 183 Å². The van der Waals surface area contributed by atoms with Gasteiger partial charge in [0.2, 0.25) is 0 Å². The maximum atomic E-state index is 3.35. The van der Waals surface area contributed by atoms with E-state index in [0.717, 1.165) is 0 Å². The second-order valence-electron chi connectivity index (χ2n) is 3.83. The summed E-state index contributed by atoms with van der Waals surface area (Å²) in [4.78, 5) is 0. The molecule has 23 heavy (non-hydrogen) atoms. The van der Waals surface area contributed by atoms with Gasteiger partial charge in [0.25, 0.3) is 0 Å². The summed E-state index contributed by atoms with van der Waals surface area (Å²) in [6, 6.07) is 0. The molecule has 0 N–H and O–H groups in total. The van der Waals surface area contributed by atoms with Gasteiger partial charge in [0.15, 0.2) is 0 Å². The molecule has 0 aliphatic carbocycles. The molecule has 0 amide bonds. The summed E-state index contributed by atoms with van der Waals surface area (Å²) in [6.45, 7) is -0.470. The molecule has 0 saturated heterocycles. The average Bonchev–Trinajstić information content (AvgIpc) is 2.33. The summed E-state index contributed by atoms with van der Waals surface area (Å²) in [5.74, 6) is 0. The predicted octanol–water partition coefficient (Wildman–Crippen LogP) is 11.8. The molecular formula is CH26P22. The van der Waals surface area contributed by atoms with Gasteiger partial charge in [-0.3, -0.25) is 0 Å². The van der Waals surface area contributed by atoms with Crippen molar-refractivity contribution in [1.29, 1.82) is 0 Å². The molecule has 0 fully saturated rings. The van der Waals surface area contributed by atoms with Crippen LogP contribution in [0.4, 0.5) is 0 Å². The second kappa shape index (κ2) is 16.2. The topological polar surface area (TPSA) is 0 Å². The van der Waals surface area contributed by atoms with Crippen molar-refractivity contribution in [3.05, 3.63) is 0 Å². The number of hydrogen-bond donors (Lipinski definition) is 0. The van der Waals surface area contributed by atoms with Gasteiger partial charge in [0, 0.05) is 0 Å². The molecule has 0 heterocycles. The van der Waals surface area contributed by atoms with Crippen molar-refractivity contribution < 1.29 is 0 Å². The van der Waals surface area contributed by atoms with Crippen LogP contribution in [0.25, 0.3) is 0 Å². The van der Waals surface area contributed by atoms with Crippen LogP contribution in [0.3, 0.4) is 0 Å². The molecule has 0 aromatic carbocycles. The summed E-state index contributed by atoms with van der Waals surface area (Å²) in [6.07, 6.45) is 0. The zero-order chi connectivity index (χ0) is 18.7. The van der Waals surface area contributed by atoms with Crippen molar-refractivity contribution in [1.82, 2.24) is 0 Å². The first-order chi connectivity index (χ1) is 10.3. The zero-order valence-electron chi connectivity index (χ0n) is 12.0. The lowest BCUT2D eigenvalue weighted by Crippen LogP contribution is -2.08. The summed E-state index contributed by atoms with van der Waals surface area (Å²) in [7, 11) is 41.2. The Morgan fingerprint density at radius 1 is 0.391 bits per heavy atom. The van der Waals surface area contributed by atoms with E-state index < -0.39 is 0 Å². The SMILES string of the molecule is PP(P)P(P)C(P(P)P)(P(P(P)P)P(P)P)P(P(P)P)P(P)P. The van der Waals surface area contributed by atoms with Crippen LogP contribution in [0.5, 0.6) is 0 Å². The Morgan fingerprint density at radius 2 is 0.652 bits per heavy atom. The summed E-state index contributed by atoms with van der Waals surface area (Å²) < 4.78 is 0.485. The highest BCUT2D eigenvalue weighted by Crippen LogP contribution is 3.23. The molecule has 0 aliphatic heterocycles. The first kappa shape index (κ1) is 32.5. The van der Waals surface area contributed by atoms with E-state index in [2.05, 4.69) is 116 Å². The smallest absolute Gasteiger partial charge is 0.0820 e. The lowest BCUT2D eigenvalue weighted by molar-refractivity contribution is 1.87. The molecule has 14 atom stereocenters. The Hall–Kier alpha value is 9.46. The van der Waals surface area contributed by atoms with Gasteiger partial charge in [-0.2, -0.15) is 0 Å². The van der Waals surface area contributed by atoms with E-state index in [9.17, 15) is 0 Å². The summed E-state index contributed by atoms with van der Waals surface area (Å²) >= 11 is 0. The van der Waals surface area contributed by atoms with Crippen molar-refractivity contribution in [2.75, 3.05) is 0 Å². The number of hydrogen-bond acceptors (Lipinski definition) is 0. The predicted molar refractivity (Wildman–Crippen MR) is 191 cm³/mol. The van der Waals surface area contributed by atoms with Crippen LogP contribution in [0.1, 0.15) is 0 Å². The molecule has 140 valence electrons. The molecule has 22 heteroatoms. The van der Waals surface area contributed by atoms with Gasteiger partial charge in [0.1, 0.15) is 0 Å². The largest absolute Gasteiger partial charge is 0.106 e. The molecule has 0 aliphatic rings. The Bertz CT molecular complexity index is 289. The first-order valence-electron chi connectivity index (χ1n) is 5.25. The van der Waals surface area contributed by atoms with Crippen molar-refractivity contribution in [3.8, 4) is 0 Å². The lowest BCUT2D eigenvalue weighted by Gasteiger charge is -2.57. The minimum Gasteiger partial charge on any atom is -0.106 e. The van der Waals surface area contributed by atoms with Gasteiger partial charge < -0.3 is 0 Å². The molecule has 0 spiro atoms. The maximum absolute atomic E-state index is 3.35. The Balaban J connectivity index is 6.62. The highest BCUT2D eigenvalue weighted by molar-refractivity contribution is 9.07. The van der Waals surface area contributed by atoms with Crippen LogP contribution in [-0.2, 0) is 0 Å². The molecule has 0 saturated carbocycles. The van der Waals surface area contributed by atoms with E-state index in [-0.39, 0.29) is 64.1 Å². The van der Waals surface area contributed by atoms with Gasteiger partial charge in [-0.1, -0.05) is 0 Å². The normalized spacial score (nSPS) is 15.5. The zero-order valence-corrected chi connectivity index (χ0v) is 35.1. The van der Waals surface area contributed by atoms with Gasteiger partial charge in [-0.05, 0) is 64.1 Å². The van der Waals surface area contributed by atoms with Gasteiger partial charge in [0.05, 0.1) is 4.38 Å². The molecule has 0 rings (SSSR count). The standard InChI is InChI=1S/CH26P22/c2-15(3)1(16(4)19(5)6,17(20(7)8)21(9)10)18(22(11)12)23(13)14/h2-14H2.